The van der Waals surface area contributed by atoms with Crippen LogP contribution in [0.5, 0.6) is 0 Å². The number of para-hydroxylation sites is 1. The summed E-state index contributed by atoms with van der Waals surface area (Å²) in [4.78, 5) is 29.5. The number of ether oxygens (including phenoxy) is 2. The van der Waals surface area contributed by atoms with Crippen LogP contribution >= 0.6 is 0 Å². The number of nitrogens with one attached hydrogen (secondary N) is 1. The first-order valence-electron chi connectivity index (χ1n) is 8.17. The van der Waals surface area contributed by atoms with Crippen molar-refractivity contribution in [1.29, 1.82) is 0 Å². The highest BCUT2D eigenvalue weighted by molar-refractivity contribution is 5.96. The van der Waals surface area contributed by atoms with E-state index in [4.69, 9.17) is 9.47 Å². The van der Waals surface area contributed by atoms with Crippen LogP contribution in [-0.4, -0.2) is 53.2 Å². The molecule has 6 nitrogen and oxygen atoms in total. The predicted molar refractivity (Wildman–Crippen MR) is 89.8 cm³/mol. The van der Waals surface area contributed by atoms with Gasteiger partial charge >= 0.3 is 5.97 Å². The molecule has 0 bridgehead atoms. The maximum Gasteiger partial charge on any atom is 0.355 e. The van der Waals surface area contributed by atoms with Crippen LogP contribution in [0.3, 0.4) is 0 Å². The highest BCUT2D eigenvalue weighted by atomic mass is 16.5. The first-order chi connectivity index (χ1) is 11.4. The highest BCUT2D eigenvalue weighted by Gasteiger charge is 2.30. The second-order valence-corrected chi connectivity index (χ2v) is 6.32. The van der Waals surface area contributed by atoms with Crippen molar-refractivity contribution in [3.8, 4) is 0 Å². The average molecular weight is 330 g/mol. The van der Waals surface area contributed by atoms with Gasteiger partial charge in [0, 0.05) is 24.0 Å². The lowest BCUT2D eigenvalue weighted by Crippen LogP contribution is -2.51. The molecule has 1 aliphatic heterocycles. The summed E-state index contributed by atoms with van der Waals surface area (Å²) >= 11 is 0. The fraction of sp³-hybridized carbons (Fsp3) is 0.444. The third kappa shape index (κ3) is 3.43. The number of rotatable bonds is 3. The standard InChI is InChI=1S/C18H22N2O4/c1-11-9-20(10-12(2)23-11)17(21)13(3)24-18(22)16-8-14-6-4-5-7-15(14)19-16/h4-8,11-13,19H,9-10H2,1-3H3/t11-,12+,13-/m1/s1. The van der Waals surface area contributed by atoms with E-state index in [9.17, 15) is 9.59 Å². The summed E-state index contributed by atoms with van der Waals surface area (Å²) in [6.07, 6.45) is -0.870. The number of carbonyl (C=O) groups excluding carboxylic acids is 2. The number of esters is 1. The van der Waals surface area contributed by atoms with Gasteiger partial charge in [-0.15, -0.1) is 0 Å². The molecule has 1 N–H and O–H groups in total. The minimum absolute atomic E-state index is 0.0192. The molecule has 6 heteroatoms. The smallest absolute Gasteiger partial charge is 0.355 e. The molecule has 1 aliphatic rings. The number of H-pyrrole nitrogens is 1. The van der Waals surface area contributed by atoms with Crippen molar-refractivity contribution >= 4 is 22.8 Å². The van der Waals surface area contributed by atoms with E-state index in [-0.39, 0.29) is 18.1 Å². The van der Waals surface area contributed by atoms with Crippen molar-refractivity contribution < 1.29 is 19.1 Å². The second-order valence-electron chi connectivity index (χ2n) is 6.32. The Bertz CT molecular complexity index is 711. The van der Waals surface area contributed by atoms with E-state index in [1.54, 1.807) is 17.9 Å². The van der Waals surface area contributed by atoms with Gasteiger partial charge in [0.15, 0.2) is 6.10 Å². The first kappa shape index (κ1) is 16.5. The number of carbonyl (C=O) groups is 2. The lowest BCUT2D eigenvalue weighted by atomic mass is 10.2. The summed E-state index contributed by atoms with van der Waals surface area (Å²) in [5.74, 6) is -0.720. The van der Waals surface area contributed by atoms with Gasteiger partial charge in [-0.05, 0) is 32.9 Å². The molecule has 1 aromatic carbocycles. The Labute approximate surface area is 140 Å². The van der Waals surface area contributed by atoms with Crippen LogP contribution in [0.2, 0.25) is 0 Å². The van der Waals surface area contributed by atoms with E-state index >= 15 is 0 Å². The number of hydrogen-bond acceptors (Lipinski definition) is 4. The third-order valence-electron chi connectivity index (χ3n) is 4.11. The number of morpholine rings is 1. The number of fused-ring (bicyclic) bond motifs is 1. The molecule has 0 radical (unpaired) electrons. The number of amides is 1. The van der Waals surface area contributed by atoms with Crippen molar-refractivity contribution in [1.82, 2.24) is 9.88 Å². The van der Waals surface area contributed by atoms with Gasteiger partial charge in [0.05, 0.1) is 12.2 Å². The summed E-state index contributed by atoms with van der Waals surface area (Å²) in [6.45, 7) is 6.48. The third-order valence-corrected chi connectivity index (χ3v) is 4.11. The molecule has 0 spiro atoms. The van der Waals surface area contributed by atoms with Gasteiger partial charge in [-0.1, -0.05) is 18.2 Å². The van der Waals surface area contributed by atoms with Crippen LogP contribution < -0.4 is 0 Å². The van der Waals surface area contributed by atoms with Crippen LogP contribution in [-0.2, 0) is 14.3 Å². The minimum atomic E-state index is -0.832. The van der Waals surface area contributed by atoms with Crippen LogP contribution in [0.25, 0.3) is 10.9 Å². The molecule has 3 atom stereocenters. The SMILES string of the molecule is C[C@@H]1CN(C(=O)[C@@H](C)OC(=O)c2cc3ccccc3[nH]2)C[C@H](C)O1. The van der Waals surface area contributed by atoms with E-state index in [0.717, 1.165) is 10.9 Å². The van der Waals surface area contributed by atoms with Crippen molar-refractivity contribution in [2.24, 2.45) is 0 Å². The van der Waals surface area contributed by atoms with Crippen LogP contribution in [0.4, 0.5) is 0 Å². The summed E-state index contributed by atoms with van der Waals surface area (Å²) < 4.78 is 11.0. The molecule has 2 heterocycles. The van der Waals surface area contributed by atoms with Crippen molar-refractivity contribution in [2.45, 2.75) is 39.1 Å². The Hall–Kier alpha value is -2.34. The molecule has 1 fully saturated rings. The topological polar surface area (TPSA) is 71.6 Å². The first-order valence-corrected chi connectivity index (χ1v) is 8.17. The zero-order chi connectivity index (χ0) is 17.3. The maximum atomic E-state index is 12.5. The van der Waals surface area contributed by atoms with Gasteiger partial charge in [0.1, 0.15) is 5.69 Å². The van der Waals surface area contributed by atoms with Crippen molar-refractivity contribution in [3.63, 3.8) is 0 Å². The van der Waals surface area contributed by atoms with Crippen molar-refractivity contribution in [2.75, 3.05) is 13.1 Å². The lowest BCUT2D eigenvalue weighted by molar-refractivity contribution is -0.151. The fourth-order valence-electron chi connectivity index (χ4n) is 3.07. The van der Waals surface area contributed by atoms with E-state index in [2.05, 4.69) is 4.98 Å². The number of nitrogens with zero attached hydrogens (tertiary/aromatic N) is 1. The molecule has 0 unspecified atom stereocenters. The number of aromatic nitrogens is 1. The normalized spacial score (nSPS) is 22.4. The fourth-order valence-corrected chi connectivity index (χ4v) is 3.07. The van der Waals surface area contributed by atoms with Gasteiger partial charge in [-0.3, -0.25) is 4.79 Å². The maximum absolute atomic E-state index is 12.5. The van der Waals surface area contributed by atoms with Crippen LogP contribution in [0.15, 0.2) is 30.3 Å². The van der Waals surface area contributed by atoms with Gasteiger partial charge < -0.3 is 19.4 Å². The van der Waals surface area contributed by atoms with Gasteiger partial charge in [0.25, 0.3) is 5.91 Å². The summed E-state index contributed by atoms with van der Waals surface area (Å²) in [7, 11) is 0. The van der Waals surface area contributed by atoms with E-state index in [1.807, 2.05) is 38.1 Å². The Balaban J connectivity index is 1.66. The number of benzene rings is 1. The van der Waals surface area contributed by atoms with E-state index in [0.29, 0.717) is 18.8 Å². The Morgan fingerprint density at radius 1 is 1.25 bits per heavy atom. The molecule has 24 heavy (non-hydrogen) atoms. The Morgan fingerprint density at radius 3 is 2.58 bits per heavy atom. The molecule has 0 aliphatic carbocycles. The predicted octanol–water partition coefficient (Wildman–Crippen LogP) is 2.35. The van der Waals surface area contributed by atoms with E-state index < -0.39 is 12.1 Å². The van der Waals surface area contributed by atoms with E-state index in [1.165, 1.54) is 0 Å². The molecule has 1 saturated heterocycles. The molecule has 3 rings (SSSR count). The summed E-state index contributed by atoms with van der Waals surface area (Å²) in [5.41, 5.74) is 1.21. The van der Waals surface area contributed by atoms with Gasteiger partial charge in [0.2, 0.25) is 0 Å². The highest BCUT2D eigenvalue weighted by Crippen LogP contribution is 2.17. The minimum Gasteiger partial charge on any atom is -0.448 e. The lowest BCUT2D eigenvalue weighted by Gasteiger charge is -2.36. The molecule has 0 saturated carbocycles. The molecule has 1 aromatic heterocycles. The Kier molecular flexibility index (Phi) is 4.57. The number of aromatic amines is 1. The molecule has 2 aromatic rings. The van der Waals surface area contributed by atoms with Crippen LogP contribution in [0.1, 0.15) is 31.3 Å². The number of hydrogen-bond donors (Lipinski definition) is 1. The summed E-state index contributed by atoms with van der Waals surface area (Å²) in [5, 5.41) is 0.930. The Morgan fingerprint density at radius 2 is 1.92 bits per heavy atom. The van der Waals surface area contributed by atoms with Crippen molar-refractivity contribution in [3.05, 3.63) is 36.0 Å². The van der Waals surface area contributed by atoms with Crippen LogP contribution in [0, 0.1) is 0 Å². The second kappa shape index (κ2) is 6.65. The zero-order valence-electron chi connectivity index (χ0n) is 14.1. The zero-order valence-corrected chi connectivity index (χ0v) is 14.1. The largest absolute Gasteiger partial charge is 0.448 e. The molecular formula is C18H22N2O4. The summed E-state index contributed by atoms with van der Waals surface area (Å²) in [6, 6.07) is 9.32. The van der Waals surface area contributed by atoms with Gasteiger partial charge in [-0.2, -0.15) is 0 Å². The van der Waals surface area contributed by atoms with Gasteiger partial charge in [-0.25, -0.2) is 4.79 Å². The molecular weight excluding hydrogens is 308 g/mol. The molecule has 128 valence electrons. The monoisotopic (exact) mass is 330 g/mol. The molecule has 1 amide bonds. The quantitative estimate of drug-likeness (QED) is 0.877. The average Bonchev–Trinajstić information content (AvgIpc) is 2.97.